The minimum Gasteiger partial charge on any atom is -0.311 e. The van der Waals surface area contributed by atoms with E-state index in [1.54, 1.807) is 0 Å². The van der Waals surface area contributed by atoms with Gasteiger partial charge in [-0.2, -0.15) is 0 Å². The summed E-state index contributed by atoms with van der Waals surface area (Å²) in [6.45, 7) is 9.30. The number of hydrogen-bond acceptors (Lipinski definition) is 4. The molecule has 0 aliphatic carbocycles. The third-order valence-electron chi connectivity index (χ3n) is 5.63. The van der Waals surface area contributed by atoms with Crippen LogP contribution in [0.15, 0.2) is 53.7 Å². The molecule has 0 radical (unpaired) electrons. The topological polar surface area (TPSA) is 51.0 Å². The molecular weight excluding hydrogens is 392 g/mol. The van der Waals surface area contributed by atoms with Gasteiger partial charge in [0.05, 0.1) is 5.25 Å². The number of fused-ring (bicyclic) bond motifs is 1. The van der Waals surface area contributed by atoms with Gasteiger partial charge in [-0.25, -0.2) is 0 Å². The van der Waals surface area contributed by atoms with Crippen LogP contribution in [0.1, 0.15) is 38.8 Å². The fourth-order valence-corrected chi connectivity index (χ4v) is 4.66. The first-order valence-corrected chi connectivity index (χ1v) is 11.2. The van der Waals surface area contributed by atoms with Crippen LogP contribution in [0.5, 0.6) is 0 Å². The summed E-state index contributed by atoms with van der Waals surface area (Å²) >= 11 is 1.46. The number of anilines is 1. The number of benzene rings is 2. The molecule has 0 saturated carbocycles. The molecule has 0 N–H and O–H groups in total. The van der Waals surface area contributed by atoms with Crippen molar-refractivity contribution in [3.8, 4) is 11.4 Å². The summed E-state index contributed by atoms with van der Waals surface area (Å²) in [4.78, 5) is 15.0. The highest BCUT2D eigenvalue weighted by Crippen LogP contribution is 2.32. The first kappa shape index (κ1) is 20.7. The lowest BCUT2D eigenvalue weighted by Crippen LogP contribution is -2.35. The lowest BCUT2D eigenvalue weighted by atomic mass is 9.87. The van der Waals surface area contributed by atoms with Gasteiger partial charge in [0.1, 0.15) is 0 Å². The van der Waals surface area contributed by atoms with E-state index < -0.39 is 0 Å². The molecule has 1 aliphatic rings. The van der Waals surface area contributed by atoms with Gasteiger partial charge in [0, 0.05) is 24.8 Å². The molecule has 0 unspecified atom stereocenters. The summed E-state index contributed by atoms with van der Waals surface area (Å²) in [5.74, 6) is 0.924. The van der Waals surface area contributed by atoms with Gasteiger partial charge in [0.15, 0.2) is 11.0 Å². The monoisotopic (exact) mass is 420 g/mol. The summed E-state index contributed by atoms with van der Waals surface area (Å²) in [5.41, 5.74) is 4.70. The molecule has 0 fully saturated rings. The van der Waals surface area contributed by atoms with Gasteiger partial charge in [-0.05, 0) is 36.0 Å². The Kier molecular flexibility index (Phi) is 5.45. The van der Waals surface area contributed by atoms with Crippen molar-refractivity contribution in [2.24, 2.45) is 7.05 Å². The molecule has 3 aromatic rings. The van der Waals surface area contributed by atoms with Crippen molar-refractivity contribution >= 4 is 23.4 Å². The summed E-state index contributed by atoms with van der Waals surface area (Å²) in [6.07, 6.45) is 0.915. The first-order chi connectivity index (χ1) is 14.3. The van der Waals surface area contributed by atoms with E-state index in [2.05, 4.69) is 61.3 Å². The van der Waals surface area contributed by atoms with E-state index >= 15 is 0 Å². The normalized spacial score (nSPS) is 14.6. The number of aromatic nitrogens is 3. The van der Waals surface area contributed by atoms with Crippen molar-refractivity contribution < 1.29 is 4.79 Å². The molecule has 156 valence electrons. The van der Waals surface area contributed by atoms with E-state index in [0.717, 1.165) is 35.2 Å². The summed E-state index contributed by atoms with van der Waals surface area (Å²) < 4.78 is 1.97. The predicted molar refractivity (Wildman–Crippen MR) is 123 cm³/mol. The minimum atomic E-state index is -0.241. The largest absolute Gasteiger partial charge is 0.311 e. The first-order valence-electron chi connectivity index (χ1n) is 10.3. The standard InChI is InChI=1S/C24H28N4OS/c1-16(22(29)28-15-14-17-8-6-7-9-20(17)28)30-23-26-25-21(27(23)5)18-10-12-19(13-11-18)24(2,3)4/h6-13,16H,14-15H2,1-5H3/t16-/m1/s1. The molecule has 1 atom stereocenters. The van der Waals surface area contributed by atoms with E-state index in [-0.39, 0.29) is 16.6 Å². The lowest BCUT2D eigenvalue weighted by molar-refractivity contribution is -0.117. The highest BCUT2D eigenvalue weighted by atomic mass is 32.2. The van der Waals surface area contributed by atoms with Crippen molar-refractivity contribution in [2.45, 2.75) is 49.9 Å². The molecule has 1 aliphatic heterocycles. The maximum atomic E-state index is 13.1. The fourth-order valence-electron chi connectivity index (χ4n) is 3.78. The number of nitrogens with zero attached hydrogens (tertiary/aromatic N) is 4. The van der Waals surface area contributed by atoms with Crippen LogP contribution >= 0.6 is 11.8 Å². The maximum Gasteiger partial charge on any atom is 0.240 e. The Morgan fingerprint density at radius 3 is 2.47 bits per heavy atom. The highest BCUT2D eigenvalue weighted by molar-refractivity contribution is 8.00. The number of hydrogen-bond donors (Lipinski definition) is 0. The number of carbonyl (C=O) groups excluding carboxylic acids is 1. The van der Waals surface area contributed by atoms with Gasteiger partial charge >= 0.3 is 0 Å². The third kappa shape index (κ3) is 3.88. The highest BCUT2D eigenvalue weighted by Gasteiger charge is 2.29. The Morgan fingerprint density at radius 1 is 1.07 bits per heavy atom. The molecule has 1 aromatic heterocycles. The van der Waals surface area contributed by atoms with E-state index in [4.69, 9.17) is 0 Å². The Bertz CT molecular complexity index is 1070. The zero-order valence-electron chi connectivity index (χ0n) is 18.2. The Balaban J connectivity index is 1.50. The second kappa shape index (κ2) is 7.91. The van der Waals surface area contributed by atoms with Crippen LogP contribution < -0.4 is 4.90 Å². The van der Waals surface area contributed by atoms with Gasteiger partial charge in [0.2, 0.25) is 5.91 Å². The van der Waals surface area contributed by atoms with Crippen LogP contribution in [-0.4, -0.2) is 32.5 Å². The molecule has 4 rings (SSSR count). The Morgan fingerprint density at radius 2 is 1.77 bits per heavy atom. The summed E-state index contributed by atoms with van der Waals surface area (Å²) in [7, 11) is 1.96. The zero-order chi connectivity index (χ0) is 21.5. The van der Waals surface area contributed by atoms with Crippen molar-refractivity contribution in [3.63, 3.8) is 0 Å². The lowest BCUT2D eigenvalue weighted by Gasteiger charge is -2.21. The molecule has 1 amide bonds. The van der Waals surface area contributed by atoms with Crippen LogP contribution in [0.25, 0.3) is 11.4 Å². The van der Waals surface area contributed by atoms with E-state index in [1.807, 2.05) is 41.6 Å². The van der Waals surface area contributed by atoms with Crippen LogP contribution in [0.2, 0.25) is 0 Å². The maximum absolute atomic E-state index is 13.1. The van der Waals surface area contributed by atoms with Crippen molar-refractivity contribution in [3.05, 3.63) is 59.7 Å². The molecule has 0 spiro atoms. The average molecular weight is 421 g/mol. The molecular formula is C24H28N4OS. The average Bonchev–Trinajstić information content (AvgIpc) is 3.31. The Labute approximate surface area is 182 Å². The summed E-state index contributed by atoms with van der Waals surface area (Å²) in [5, 5.41) is 9.26. The quantitative estimate of drug-likeness (QED) is 0.566. The fraction of sp³-hybridized carbons (Fsp3) is 0.375. The number of para-hydroxylation sites is 1. The second-order valence-electron chi connectivity index (χ2n) is 8.82. The van der Waals surface area contributed by atoms with Crippen LogP contribution in [-0.2, 0) is 23.7 Å². The smallest absolute Gasteiger partial charge is 0.240 e. The number of thioether (sulfide) groups is 1. The van der Waals surface area contributed by atoms with Crippen molar-refractivity contribution in [1.82, 2.24) is 14.8 Å². The van der Waals surface area contributed by atoms with Gasteiger partial charge < -0.3 is 9.47 Å². The van der Waals surface area contributed by atoms with E-state index in [1.165, 1.54) is 22.9 Å². The SMILES string of the molecule is C[C@@H](Sc1nnc(-c2ccc(C(C)(C)C)cc2)n1C)C(=O)N1CCc2ccccc21. The summed E-state index contributed by atoms with van der Waals surface area (Å²) in [6, 6.07) is 16.6. The zero-order valence-corrected chi connectivity index (χ0v) is 19.0. The molecule has 2 heterocycles. The van der Waals surface area contributed by atoms with Crippen molar-refractivity contribution in [2.75, 3.05) is 11.4 Å². The third-order valence-corrected chi connectivity index (χ3v) is 6.75. The van der Waals surface area contributed by atoms with Gasteiger partial charge in [-0.3, -0.25) is 4.79 Å². The van der Waals surface area contributed by atoms with Gasteiger partial charge in [-0.15, -0.1) is 10.2 Å². The number of amides is 1. The van der Waals surface area contributed by atoms with Crippen molar-refractivity contribution in [1.29, 1.82) is 0 Å². The predicted octanol–water partition coefficient (Wildman–Crippen LogP) is 4.85. The number of rotatable bonds is 4. The van der Waals surface area contributed by atoms with Crippen LogP contribution in [0, 0.1) is 0 Å². The number of carbonyl (C=O) groups is 1. The molecule has 30 heavy (non-hydrogen) atoms. The Hall–Kier alpha value is -2.60. The molecule has 6 heteroatoms. The van der Waals surface area contributed by atoms with E-state index in [0.29, 0.717) is 0 Å². The molecule has 5 nitrogen and oxygen atoms in total. The van der Waals surface area contributed by atoms with Gasteiger partial charge in [-0.1, -0.05) is 75.0 Å². The minimum absolute atomic E-state index is 0.114. The molecule has 0 saturated heterocycles. The van der Waals surface area contributed by atoms with Gasteiger partial charge in [0.25, 0.3) is 0 Å². The van der Waals surface area contributed by atoms with E-state index in [9.17, 15) is 4.79 Å². The van der Waals surface area contributed by atoms with Crippen LogP contribution in [0.3, 0.4) is 0 Å². The molecule has 2 aromatic carbocycles. The second-order valence-corrected chi connectivity index (χ2v) is 10.1. The molecule has 0 bridgehead atoms. The van der Waals surface area contributed by atoms with Crippen LogP contribution in [0.4, 0.5) is 5.69 Å².